The summed E-state index contributed by atoms with van der Waals surface area (Å²) >= 11 is 6.04. The molecule has 2 nitrogen and oxygen atoms in total. The van der Waals surface area contributed by atoms with Crippen LogP contribution in [0.3, 0.4) is 0 Å². The van der Waals surface area contributed by atoms with Crippen molar-refractivity contribution in [3.63, 3.8) is 0 Å². The first-order chi connectivity index (χ1) is 6.68. The number of benzene rings is 1. The number of aliphatic hydroxyl groups is 1. The molecule has 14 heavy (non-hydrogen) atoms. The van der Waals surface area contributed by atoms with Crippen LogP contribution in [0.1, 0.15) is 18.4 Å². The Labute approximate surface area is 88.7 Å². The van der Waals surface area contributed by atoms with E-state index in [1.165, 1.54) is 0 Å². The quantitative estimate of drug-likeness (QED) is 0.802. The van der Waals surface area contributed by atoms with E-state index >= 15 is 0 Å². The molecule has 0 heterocycles. The molecule has 1 aliphatic rings. The first-order valence-corrected chi connectivity index (χ1v) is 5.23. The van der Waals surface area contributed by atoms with Crippen LogP contribution in [0.25, 0.3) is 0 Å². The summed E-state index contributed by atoms with van der Waals surface area (Å²) < 4.78 is 0. The molecule has 1 atom stereocenters. The number of hydrogen-bond acceptors (Lipinski definition) is 2. The molecule has 0 bridgehead atoms. The van der Waals surface area contributed by atoms with Crippen LogP contribution in [0.15, 0.2) is 24.3 Å². The predicted molar refractivity (Wildman–Crippen MR) is 57.1 cm³/mol. The molecule has 1 aliphatic carbocycles. The summed E-state index contributed by atoms with van der Waals surface area (Å²) in [6, 6.07) is 7.38. The van der Waals surface area contributed by atoms with Crippen LogP contribution in [0.4, 0.5) is 0 Å². The van der Waals surface area contributed by atoms with Crippen LogP contribution in [0, 0.1) is 5.92 Å². The Hall–Kier alpha value is -0.570. The molecule has 76 valence electrons. The van der Waals surface area contributed by atoms with Crippen LogP contribution in [0.2, 0.25) is 5.02 Å². The smallest absolute Gasteiger partial charge is 0.106 e. The highest BCUT2D eigenvalue weighted by Gasteiger charge is 2.44. The highest BCUT2D eigenvalue weighted by Crippen LogP contribution is 2.46. The third-order valence-electron chi connectivity index (χ3n) is 2.90. The Bertz CT molecular complexity index is 338. The molecule has 1 unspecified atom stereocenters. The highest BCUT2D eigenvalue weighted by molar-refractivity contribution is 6.31. The van der Waals surface area contributed by atoms with E-state index in [4.69, 9.17) is 17.3 Å². The highest BCUT2D eigenvalue weighted by atomic mass is 35.5. The van der Waals surface area contributed by atoms with Gasteiger partial charge in [0.15, 0.2) is 0 Å². The average Bonchev–Trinajstić information content (AvgIpc) is 3.01. The van der Waals surface area contributed by atoms with Crippen molar-refractivity contribution >= 4 is 11.6 Å². The molecule has 1 saturated carbocycles. The van der Waals surface area contributed by atoms with Gasteiger partial charge in [-0.15, -0.1) is 0 Å². The van der Waals surface area contributed by atoms with E-state index in [1.54, 1.807) is 6.07 Å². The average molecular weight is 212 g/mol. The van der Waals surface area contributed by atoms with Crippen LogP contribution in [-0.4, -0.2) is 11.7 Å². The molecule has 2 rings (SSSR count). The molecule has 0 saturated heterocycles. The number of rotatable bonds is 3. The van der Waals surface area contributed by atoms with Crippen LogP contribution in [-0.2, 0) is 5.60 Å². The molecule has 1 aromatic rings. The van der Waals surface area contributed by atoms with Crippen LogP contribution < -0.4 is 5.73 Å². The van der Waals surface area contributed by atoms with Gasteiger partial charge in [0.1, 0.15) is 5.60 Å². The van der Waals surface area contributed by atoms with E-state index in [-0.39, 0.29) is 12.5 Å². The predicted octanol–water partition coefficient (Wildman–Crippen LogP) is 1.90. The number of hydrogen-bond donors (Lipinski definition) is 2. The van der Waals surface area contributed by atoms with Gasteiger partial charge in [0.25, 0.3) is 0 Å². The lowest BCUT2D eigenvalue weighted by Gasteiger charge is -2.27. The van der Waals surface area contributed by atoms with Gasteiger partial charge in [0.05, 0.1) is 0 Å². The summed E-state index contributed by atoms with van der Waals surface area (Å²) in [7, 11) is 0. The van der Waals surface area contributed by atoms with Crippen molar-refractivity contribution in [3.8, 4) is 0 Å². The topological polar surface area (TPSA) is 46.2 Å². The maximum atomic E-state index is 10.4. The molecule has 0 spiro atoms. The first kappa shape index (κ1) is 9.97. The van der Waals surface area contributed by atoms with Gasteiger partial charge in [-0.3, -0.25) is 0 Å². The molecule has 0 aromatic heterocycles. The number of halogens is 1. The molecule has 0 amide bonds. The summed E-state index contributed by atoms with van der Waals surface area (Å²) in [5, 5.41) is 11.0. The summed E-state index contributed by atoms with van der Waals surface area (Å²) in [6.07, 6.45) is 2.08. The van der Waals surface area contributed by atoms with Gasteiger partial charge in [-0.2, -0.15) is 0 Å². The van der Waals surface area contributed by atoms with Crippen molar-refractivity contribution < 1.29 is 5.11 Å². The van der Waals surface area contributed by atoms with Crippen molar-refractivity contribution in [1.82, 2.24) is 0 Å². The van der Waals surface area contributed by atoms with Crippen molar-refractivity contribution in [2.45, 2.75) is 18.4 Å². The van der Waals surface area contributed by atoms with E-state index in [1.807, 2.05) is 18.2 Å². The summed E-state index contributed by atoms with van der Waals surface area (Å²) in [4.78, 5) is 0. The lowest BCUT2D eigenvalue weighted by atomic mass is 9.89. The molecule has 3 heteroatoms. The van der Waals surface area contributed by atoms with E-state index in [0.29, 0.717) is 5.02 Å². The summed E-state index contributed by atoms with van der Waals surface area (Å²) in [5.41, 5.74) is 5.49. The second-order valence-electron chi connectivity index (χ2n) is 3.88. The standard InChI is InChI=1S/C11H14ClNO/c12-10-4-2-1-3-9(10)11(14,7-13)8-5-6-8/h1-4,8,14H,5-7,13H2. The van der Waals surface area contributed by atoms with Crippen molar-refractivity contribution in [1.29, 1.82) is 0 Å². The first-order valence-electron chi connectivity index (χ1n) is 4.86. The molecule has 3 N–H and O–H groups in total. The minimum absolute atomic E-state index is 0.238. The Kier molecular flexibility index (Phi) is 2.52. The zero-order valence-corrected chi connectivity index (χ0v) is 8.67. The van der Waals surface area contributed by atoms with Crippen LogP contribution in [0.5, 0.6) is 0 Å². The van der Waals surface area contributed by atoms with Gasteiger partial charge in [0.2, 0.25) is 0 Å². The van der Waals surface area contributed by atoms with Gasteiger partial charge >= 0.3 is 0 Å². The lowest BCUT2D eigenvalue weighted by molar-refractivity contribution is 0.0223. The van der Waals surface area contributed by atoms with Gasteiger partial charge in [-0.1, -0.05) is 29.8 Å². The lowest BCUT2D eigenvalue weighted by Crippen LogP contribution is -2.37. The van der Waals surface area contributed by atoms with Crippen molar-refractivity contribution in [2.24, 2.45) is 11.7 Å². The van der Waals surface area contributed by atoms with E-state index < -0.39 is 5.60 Å². The largest absolute Gasteiger partial charge is 0.383 e. The van der Waals surface area contributed by atoms with Crippen LogP contribution >= 0.6 is 11.6 Å². The molecular formula is C11H14ClNO. The Balaban J connectivity index is 2.40. The third kappa shape index (κ3) is 1.54. The molecular weight excluding hydrogens is 198 g/mol. The van der Waals surface area contributed by atoms with Gasteiger partial charge in [0, 0.05) is 17.1 Å². The minimum atomic E-state index is -0.918. The molecule has 0 aliphatic heterocycles. The monoisotopic (exact) mass is 211 g/mol. The Morgan fingerprint density at radius 1 is 1.43 bits per heavy atom. The maximum Gasteiger partial charge on any atom is 0.106 e. The fourth-order valence-corrected chi connectivity index (χ4v) is 2.17. The van der Waals surface area contributed by atoms with Gasteiger partial charge in [-0.05, 0) is 24.8 Å². The second kappa shape index (κ2) is 3.54. The Morgan fingerprint density at radius 3 is 2.57 bits per heavy atom. The van der Waals surface area contributed by atoms with E-state index in [2.05, 4.69) is 0 Å². The second-order valence-corrected chi connectivity index (χ2v) is 4.29. The molecule has 1 fully saturated rings. The Morgan fingerprint density at radius 2 is 2.07 bits per heavy atom. The van der Waals surface area contributed by atoms with E-state index in [0.717, 1.165) is 18.4 Å². The van der Waals surface area contributed by atoms with Gasteiger partial charge in [-0.25, -0.2) is 0 Å². The van der Waals surface area contributed by atoms with Crippen molar-refractivity contribution in [3.05, 3.63) is 34.9 Å². The summed E-state index contributed by atoms with van der Waals surface area (Å²) in [5.74, 6) is 0.285. The third-order valence-corrected chi connectivity index (χ3v) is 3.23. The normalized spacial score (nSPS) is 20.5. The zero-order valence-electron chi connectivity index (χ0n) is 7.91. The molecule has 1 aromatic carbocycles. The molecule has 0 radical (unpaired) electrons. The fourth-order valence-electron chi connectivity index (χ4n) is 1.87. The SMILES string of the molecule is NCC(O)(c1ccccc1Cl)C1CC1. The maximum absolute atomic E-state index is 10.4. The zero-order chi connectivity index (χ0) is 10.2. The minimum Gasteiger partial charge on any atom is -0.383 e. The fraction of sp³-hybridized carbons (Fsp3) is 0.455. The number of nitrogens with two attached hydrogens (primary N) is 1. The summed E-state index contributed by atoms with van der Waals surface area (Å²) in [6.45, 7) is 0.238. The van der Waals surface area contributed by atoms with Crippen molar-refractivity contribution in [2.75, 3.05) is 6.54 Å². The van der Waals surface area contributed by atoms with E-state index in [9.17, 15) is 5.11 Å². The van der Waals surface area contributed by atoms with Gasteiger partial charge < -0.3 is 10.8 Å².